The fourth-order valence-corrected chi connectivity index (χ4v) is 3.02. The van der Waals surface area contributed by atoms with Crippen LogP contribution in [0.15, 0.2) is 28.8 Å². The minimum absolute atomic E-state index is 0.00368. The van der Waals surface area contributed by atoms with Crippen LogP contribution >= 0.6 is 23.2 Å². The highest BCUT2D eigenvalue weighted by Crippen LogP contribution is 2.27. The second kappa shape index (κ2) is 8.70. The maximum Gasteiger partial charge on any atom is 0.184 e. The Morgan fingerprint density at radius 3 is 2.76 bits per heavy atom. The summed E-state index contributed by atoms with van der Waals surface area (Å²) in [5.41, 5.74) is 0.347. The average molecular weight is 384 g/mol. The van der Waals surface area contributed by atoms with Gasteiger partial charge in [0.25, 0.3) is 0 Å². The Labute approximate surface area is 156 Å². The summed E-state index contributed by atoms with van der Waals surface area (Å²) in [6.07, 6.45) is 3.39. The molecule has 1 aromatic heterocycles. The van der Waals surface area contributed by atoms with Crippen LogP contribution in [0.5, 0.6) is 5.75 Å². The molecule has 25 heavy (non-hydrogen) atoms. The number of benzene rings is 1. The molecule has 134 valence electrons. The van der Waals surface area contributed by atoms with Crippen molar-refractivity contribution in [1.82, 2.24) is 5.16 Å². The van der Waals surface area contributed by atoms with Crippen molar-refractivity contribution in [2.45, 2.75) is 32.3 Å². The first kappa shape index (κ1) is 18.2. The fraction of sp³-hybridized carbons (Fsp3) is 0.444. The molecule has 1 aromatic carbocycles. The third kappa shape index (κ3) is 5.21. The van der Waals surface area contributed by atoms with Gasteiger partial charge in [-0.25, -0.2) is 0 Å². The van der Waals surface area contributed by atoms with Gasteiger partial charge in [-0.05, 0) is 37.3 Å². The highest BCUT2D eigenvalue weighted by atomic mass is 35.5. The molecule has 1 saturated heterocycles. The monoisotopic (exact) mass is 383 g/mol. The van der Waals surface area contributed by atoms with Crippen molar-refractivity contribution >= 4 is 29.0 Å². The normalized spacial score (nSPS) is 15.3. The molecular weight excluding hydrogens is 365 g/mol. The first-order valence-electron chi connectivity index (χ1n) is 8.26. The van der Waals surface area contributed by atoms with Gasteiger partial charge in [0.15, 0.2) is 11.5 Å². The van der Waals surface area contributed by atoms with Gasteiger partial charge in [0.05, 0.1) is 10.0 Å². The van der Waals surface area contributed by atoms with Crippen molar-refractivity contribution in [2.24, 2.45) is 5.92 Å². The molecule has 0 radical (unpaired) electrons. The van der Waals surface area contributed by atoms with E-state index in [0.29, 0.717) is 39.6 Å². The van der Waals surface area contributed by atoms with Crippen molar-refractivity contribution in [3.8, 4) is 5.75 Å². The second-order valence-corrected chi connectivity index (χ2v) is 6.88. The van der Waals surface area contributed by atoms with Crippen molar-refractivity contribution in [3.05, 3.63) is 45.8 Å². The van der Waals surface area contributed by atoms with Crippen molar-refractivity contribution in [3.63, 3.8) is 0 Å². The third-order valence-electron chi connectivity index (χ3n) is 4.24. The first-order valence-corrected chi connectivity index (χ1v) is 9.02. The lowest BCUT2D eigenvalue weighted by Crippen LogP contribution is -2.16. The summed E-state index contributed by atoms with van der Waals surface area (Å²) < 4.78 is 16.1. The molecule has 0 aliphatic carbocycles. The summed E-state index contributed by atoms with van der Waals surface area (Å²) in [6.45, 7) is 1.75. The molecule has 3 rings (SSSR count). The maximum atomic E-state index is 12.2. The summed E-state index contributed by atoms with van der Waals surface area (Å²) in [6, 6.07) is 6.62. The average Bonchev–Trinajstić information content (AvgIpc) is 3.11. The van der Waals surface area contributed by atoms with E-state index in [-0.39, 0.29) is 12.4 Å². The Balaban J connectivity index is 1.49. The van der Waals surface area contributed by atoms with E-state index in [1.54, 1.807) is 24.3 Å². The number of carbonyl (C=O) groups is 1. The number of nitrogens with zero attached hydrogens (tertiary/aromatic N) is 1. The van der Waals surface area contributed by atoms with Crippen LogP contribution in [-0.2, 0) is 11.3 Å². The molecule has 1 aliphatic rings. The number of hydrogen-bond donors (Lipinski definition) is 0. The minimum Gasteiger partial charge on any atom is -0.485 e. The van der Waals surface area contributed by atoms with E-state index in [1.807, 2.05) is 0 Å². The predicted molar refractivity (Wildman–Crippen MR) is 94.4 cm³/mol. The molecule has 2 aromatic rings. The van der Waals surface area contributed by atoms with Gasteiger partial charge in [0.2, 0.25) is 0 Å². The molecule has 0 unspecified atom stereocenters. The largest absolute Gasteiger partial charge is 0.485 e. The quantitative estimate of drug-likeness (QED) is 0.632. The van der Waals surface area contributed by atoms with Crippen molar-refractivity contribution in [2.75, 3.05) is 13.2 Å². The number of hydrogen-bond acceptors (Lipinski definition) is 5. The first-order chi connectivity index (χ1) is 12.1. The van der Waals surface area contributed by atoms with Gasteiger partial charge in [-0.2, -0.15) is 0 Å². The number of halogens is 2. The maximum absolute atomic E-state index is 12.2. The number of ketones is 1. The number of Topliss-reactive ketones (excluding diaryl/α,β-unsaturated/α-hetero) is 1. The van der Waals surface area contributed by atoms with Crippen molar-refractivity contribution < 1.29 is 18.8 Å². The zero-order valence-corrected chi connectivity index (χ0v) is 15.2. The van der Waals surface area contributed by atoms with Crippen LogP contribution in [-0.4, -0.2) is 24.2 Å². The van der Waals surface area contributed by atoms with Gasteiger partial charge in [-0.15, -0.1) is 0 Å². The minimum atomic E-state index is -0.00368. The Morgan fingerprint density at radius 1 is 1.20 bits per heavy atom. The highest BCUT2D eigenvalue weighted by molar-refractivity contribution is 6.42. The molecule has 5 nitrogen and oxygen atoms in total. The summed E-state index contributed by atoms with van der Waals surface area (Å²) in [5.74, 6) is 1.61. The van der Waals surface area contributed by atoms with Crippen molar-refractivity contribution in [1.29, 1.82) is 0 Å². The van der Waals surface area contributed by atoms with E-state index >= 15 is 0 Å². The number of ether oxygens (including phenoxy) is 2. The molecule has 0 spiro atoms. The lowest BCUT2D eigenvalue weighted by molar-refractivity contribution is 0.0618. The zero-order valence-electron chi connectivity index (χ0n) is 13.7. The van der Waals surface area contributed by atoms with Crippen LogP contribution in [0, 0.1) is 5.92 Å². The van der Waals surface area contributed by atoms with Gasteiger partial charge in [0, 0.05) is 31.8 Å². The molecule has 0 N–H and O–H groups in total. The molecule has 0 bridgehead atoms. The van der Waals surface area contributed by atoms with E-state index in [9.17, 15) is 4.79 Å². The molecule has 2 heterocycles. The second-order valence-electron chi connectivity index (χ2n) is 6.06. The molecule has 0 atom stereocenters. The fourth-order valence-electron chi connectivity index (χ4n) is 2.73. The molecular formula is C18H19Cl2NO4. The summed E-state index contributed by atoms with van der Waals surface area (Å²) in [5, 5.41) is 4.73. The van der Waals surface area contributed by atoms with Crippen LogP contribution in [0.25, 0.3) is 0 Å². The lowest BCUT2D eigenvalue weighted by atomic mass is 9.93. The predicted octanol–water partition coefficient (Wildman–Crippen LogP) is 4.95. The van der Waals surface area contributed by atoms with Gasteiger partial charge in [-0.3, -0.25) is 4.79 Å². The van der Waals surface area contributed by atoms with Gasteiger partial charge >= 0.3 is 0 Å². The Kier molecular flexibility index (Phi) is 6.34. The molecule has 7 heteroatoms. The molecule has 0 amide bonds. The van der Waals surface area contributed by atoms with E-state index in [0.717, 1.165) is 32.5 Å². The SMILES string of the molecule is O=C(CCC1CCOCC1)c1cc(COc2ccc(Cl)c(Cl)c2)on1. The third-order valence-corrected chi connectivity index (χ3v) is 4.98. The topological polar surface area (TPSA) is 61.6 Å². The van der Waals surface area contributed by atoms with Gasteiger partial charge in [-0.1, -0.05) is 28.4 Å². The van der Waals surface area contributed by atoms with E-state index in [2.05, 4.69) is 5.16 Å². The summed E-state index contributed by atoms with van der Waals surface area (Å²) >= 11 is 11.8. The lowest BCUT2D eigenvalue weighted by Gasteiger charge is -2.21. The smallest absolute Gasteiger partial charge is 0.184 e. The van der Waals surface area contributed by atoms with Crippen LogP contribution in [0.2, 0.25) is 10.0 Å². The van der Waals surface area contributed by atoms with E-state index in [1.165, 1.54) is 0 Å². The Morgan fingerprint density at radius 2 is 2.00 bits per heavy atom. The highest BCUT2D eigenvalue weighted by Gasteiger charge is 2.18. The standard InChI is InChI=1S/C18H19Cl2NO4/c19-15-3-2-13(9-16(15)20)24-11-14-10-17(21-25-14)18(22)4-1-12-5-7-23-8-6-12/h2-3,9-10,12H,1,4-8,11H2. The Bertz CT molecular complexity index is 726. The van der Waals surface area contributed by atoms with Crippen LogP contribution in [0.3, 0.4) is 0 Å². The van der Waals surface area contributed by atoms with Gasteiger partial charge < -0.3 is 14.0 Å². The van der Waals surface area contributed by atoms with E-state index in [4.69, 9.17) is 37.2 Å². The summed E-state index contributed by atoms with van der Waals surface area (Å²) in [7, 11) is 0. The molecule has 1 aliphatic heterocycles. The Hall–Kier alpha value is -1.56. The van der Waals surface area contributed by atoms with Gasteiger partial charge in [0.1, 0.15) is 18.1 Å². The molecule has 1 fully saturated rings. The van der Waals surface area contributed by atoms with Crippen LogP contribution < -0.4 is 4.74 Å². The molecule has 0 saturated carbocycles. The number of carbonyl (C=O) groups excluding carboxylic acids is 1. The van der Waals surface area contributed by atoms with Crippen LogP contribution in [0.4, 0.5) is 0 Å². The summed E-state index contributed by atoms with van der Waals surface area (Å²) in [4.78, 5) is 12.2. The van der Waals surface area contributed by atoms with E-state index < -0.39 is 0 Å². The number of aromatic nitrogens is 1. The van der Waals surface area contributed by atoms with Crippen LogP contribution in [0.1, 0.15) is 41.9 Å². The zero-order chi connectivity index (χ0) is 17.6. The number of rotatable bonds is 7.